The van der Waals surface area contributed by atoms with E-state index >= 15 is 0 Å². The first-order chi connectivity index (χ1) is 14.2. The van der Waals surface area contributed by atoms with Crippen molar-refractivity contribution >= 4 is 54.8 Å². The molecule has 2 aromatic heterocycles. The van der Waals surface area contributed by atoms with Gasteiger partial charge in [0.05, 0.1) is 29.1 Å². The van der Waals surface area contributed by atoms with Gasteiger partial charge in [0.1, 0.15) is 0 Å². The van der Waals surface area contributed by atoms with Crippen molar-refractivity contribution in [3.05, 3.63) is 58.4 Å². The van der Waals surface area contributed by atoms with Gasteiger partial charge in [0.15, 0.2) is 10.3 Å². The molecule has 0 aliphatic carbocycles. The van der Waals surface area contributed by atoms with Crippen molar-refractivity contribution in [3.8, 4) is 11.3 Å². The SMILES string of the molecule is Clc1ccc2nc(Nc3nc(-c4ccccc4)c(CN4CCOCC4)s3)sc2c1. The molecule has 3 heterocycles. The number of aromatic nitrogens is 2. The summed E-state index contributed by atoms with van der Waals surface area (Å²) in [5.41, 5.74) is 3.11. The Kier molecular flexibility index (Phi) is 5.48. The maximum atomic E-state index is 6.11. The first kappa shape index (κ1) is 19.0. The fourth-order valence-electron chi connectivity index (χ4n) is 3.34. The summed E-state index contributed by atoms with van der Waals surface area (Å²) in [6.07, 6.45) is 0. The minimum absolute atomic E-state index is 0.723. The van der Waals surface area contributed by atoms with Crippen LogP contribution in [0.5, 0.6) is 0 Å². The highest BCUT2D eigenvalue weighted by molar-refractivity contribution is 7.22. The van der Waals surface area contributed by atoms with Gasteiger partial charge < -0.3 is 10.1 Å². The van der Waals surface area contributed by atoms with E-state index in [0.29, 0.717) is 0 Å². The summed E-state index contributed by atoms with van der Waals surface area (Å²) < 4.78 is 6.55. The van der Waals surface area contributed by atoms with E-state index in [4.69, 9.17) is 21.3 Å². The van der Waals surface area contributed by atoms with E-state index in [1.54, 1.807) is 22.7 Å². The van der Waals surface area contributed by atoms with Crippen LogP contribution < -0.4 is 5.32 Å². The standard InChI is InChI=1S/C21H19ClN4OS2/c22-15-6-7-16-17(12-15)28-20(23-16)25-21-24-19(14-4-2-1-3-5-14)18(29-21)13-26-8-10-27-11-9-26/h1-7,12H,8-11,13H2,(H,23,24,25). The number of nitrogens with one attached hydrogen (secondary N) is 1. The molecular weight excluding hydrogens is 424 g/mol. The number of ether oxygens (including phenoxy) is 1. The fraction of sp³-hybridized carbons (Fsp3) is 0.238. The third-order valence-electron chi connectivity index (χ3n) is 4.78. The average Bonchev–Trinajstić information content (AvgIpc) is 3.32. The Morgan fingerprint density at radius 1 is 1.00 bits per heavy atom. The summed E-state index contributed by atoms with van der Waals surface area (Å²) in [5.74, 6) is 0. The van der Waals surface area contributed by atoms with Gasteiger partial charge in [-0.25, -0.2) is 9.97 Å². The number of fused-ring (bicyclic) bond motifs is 1. The molecule has 0 spiro atoms. The number of halogens is 1. The maximum absolute atomic E-state index is 6.11. The van der Waals surface area contributed by atoms with Gasteiger partial charge in [0.25, 0.3) is 0 Å². The summed E-state index contributed by atoms with van der Waals surface area (Å²) in [7, 11) is 0. The molecule has 0 atom stereocenters. The van der Waals surface area contributed by atoms with Gasteiger partial charge in [0.2, 0.25) is 0 Å². The minimum atomic E-state index is 0.723. The molecule has 0 saturated carbocycles. The van der Waals surface area contributed by atoms with Crippen molar-refractivity contribution in [3.63, 3.8) is 0 Å². The van der Waals surface area contributed by atoms with E-state index in [9.17, 15) is 0 Å². The van der Waals surface area contributed by atoms with Crippen molar-refractivity contribution in [2.45, 2.75) is 6.54 Å². The number of thiazole rings is 2. The van der Waals surface area contributed by atoms with Crippen LogP contribution in [-0.4, -0.2) is 41.2 Å². The molecule has 0 unspecified atom stereocenters. The largest absolute Gasteiger partial charge is 0.379 e. The molecule has 5 rings (SSSR count). The topological polar surface area (TPSA) is 50.3 Å². The highest BCUT2D eigenvalue weighted by Crippen LogP contribution is 2.36. The molecule has 29 heavy (non-hydrogen) atoms. The zero-order valence-corrected chi connectivity index (χ0v) is 18.0. The van der Waals surface area contributed by atoms with E-state index in [2.05, 4.69) is 39.5 Å². The van der Waals surface area contributed by atoms with Crippen LogP contribution in [0.1, 0.15) is 4.88 Å². The summed E-state index contributed by atoms with van der Waals surface area (Å²) in [4.78, 5) is 13.3. The Morgan fingerprint density at radius 2 is 1.79 bits per heavy atom. The van der Waals surface area contributed by atoms with E-state index < -0.39 is 0 Å². The Balaban J connectivity index is 1.45. The molecule has 2 aromatic carbocycles. The lowest BCUT2D eigenvalue weighted by Gasteiger charge is -2.26. The second kappa shape index (κ2) is 8.38. The summed E-state index contributed by atoms with van der Waals surface area (Å²) in [5, 5.41) is 5.82. The predicted molar refractivity (Wildman–Crippen MR) is 122 cm³/mol. The van der Waals surface area contributed by atoms with Gasteiger partial charge in [-0.1, -0.05) is 64.6 Å². The van der Waals surface area contributed by atoms with E-state index in [0.717, 1.165) is 69.6 Å². The number of rotatable bonds is 5. The fourth-order valence-corrected chi connectivity index (χ4v) is 5.57. The highest BCUT2D eigenvalue weighted by atomic mass is 35.5. The van der Waals surface area contributed by atoms with Gasteiger partial charge in [-0.15, -0.1) is 0 Å². The van der Waals surface area contributed by atoms with Gasteiger partial charge in [-0.2, -0.15) is 0 Å². The summed E-state index contributed by atoms with van der Waals surface area (Å²) >= 11 is 9.39. The van der Waals surface area contributed by atoms with Crippen LogP contribution in [0.15, 0.2) is 48.5 Å². The molecule has 0 bridgehead atoms. The molecular formula is C21H19ClN4OS2. The molecule has 1 saturated heterocycles. The number of hydrogen-bond donors (Lipinski definition) is 1. The number of benzene rings is 2. The Labute approximate surface area is 181 Å². The molecule has 0 amide bonds. The van der Waals surface area contributed by atoms with Gasteiger partial charge in [0, 0.05) is 35.1 Å². The second-order valence-corrected chi connectivity index (χ2v) is 9.35. The Morgan fingerprint density at radius 3 is 2.62 bits per heavy atom. The monoisotopic (exact) mass is 442 g/mol. The second-order valence-electron chi connectivity index (χ2n) is 6.80. The van der Waals surface area contributed by atoms with Crippen LogP contribution >= 0.6 is 34.3 Å². The molecule has 148 valence electrons. The van der Waals surface area contributed by atoms with E-state index in [1.807, 2.05) is 24.3 Å². The van der Waals surface area contributed by atoms with Crippen molar-refractivity contribution in [2.24, 2.45) is 0 Å². The van der Waals surface area contributed by atoms with Crippen LogP contribution in [0.2, 0.25) is 5.02 Å². The lowest BCUT2D eigenvalue weighted by atomic mass is 10.1. The first-order valence-corrected chi connectivity index (χ1v) is 11.4. The van der Waals surface area contributed by atoms with Crippen LogP contribution in [0.4, 0.5) is 10.3 Å². The molecule has 1 aliphatic heterocycles. The third kappa shape index (κ3) is 4.29. The number of morpholine rings is 1. The van der Waals surface area contributed by atoms with Crippen molar-refractivity contribution in [1.29, 1.82) is 0 Å². The van der Waals surface area contributed by atoms with Crippen LogP contribution in [-0.2, 0) is 11.3 Å². The molecule has 4 aromatic rings. The number of nitrogens with zero attached hydrogens (tertiary/aromatic N) is 3. The van der Waals surface area contributed by atoms with E-state index in [1.165, 1.54) is 4.88 Å². The molecule has 1 N–H and O–H groups in total. The normalized spacial score (nSPS) is 15.1. The van der Waals surface area contributed by atoms with Gasteiger partial charge >= 0.3 is 0 Å². The highest BCUT2D eigenvalue weighted by Gasteiger charge is 2.19. The first-order valence-electron chi connectivity index (χ1n) is 9.43. The quantitative estimate of drug-likeness (QED) is 0.433. The smallest absolute Gasteiger partial charge is 0.190 e. The van der Waals surface area contributed by atoms with Crippen LogP contribution in [0, 0.1) is 0 Å². The zero-order valence-electron chi connectivity index (χ0n) is 15.6. The third-order valence-corrected chi connectivity index (χ3v) is 6.90. The van der Waals surface area contributed by atoms with Crippen LogP contribution in [0.25, 0.3) is 21.5 Å². The number of anilines is 2. The zero-order chi connectivity index (χ0) is 19.6. The van der Waals surface area contributed by atoms with Crippen LogP contribution in [0.3, 0.4) is 0 Å². The summed E-state index contributed by atoms with van der Waals surface area (Å²) in [6.45, 7) is 4.36. The number of hydrogen-bond acceptors (Lipinski definition) is 7. The van der Waals surface area contributed by atoms with Gasteiger partial charge in [-0.05, 0) is 18.2 Å². The molecule has 8 heteroatoms. The van der Waals surface area contributed by atoms with Crippen molar-refractivity contribution in [2.75, 3.05) is 31.6 Å². The molecule has 5 nitrogen and oxygen atoms in total. The average molecular weight is 443 g/mol. The Hall–Kier alpha value is -2.03. The molecule has 0 radical (unpaired) electrons. The lowest BCUT2D eigenvalue weighted by Crippen LogP contribution is -2.35. The van der Waals surface area contributed by atoms with E-state index in [-0.39, 0.29) is 0 Å². The minimum Gasteiger partial charge on any atom is -0.379 e. The maximum Gasteiger partial charge on any atom is 0.190 e. The molecule has 1 fully saturated rings. The Bertz CT molecular complexity index is 1120. The molecule has 1 aliphatic rings. The predicted octanol–water partition coefficient (Wildman–Crippen LogP) is 5.65. The van der Waals surface area contributed by atoms with Gasteiger partial charge in [-0.3, -0.25) is 4.90 Å². The van der Waals surface area contributed by atoms with Crippen molar-refractivity contribution in [1.82, 2.24) is 14.9 Å². The summed E-state index contributed by atoms with van der Waals surface area (Å²) in [6, 6.07) is 16.1. The van der Waals surface area contributed by atoms with Crippen molar-refractivity contribution < 1.29 is 4.74 Å². The lowest BCUT2D eigenvalue weighted by molar-refractivity contribution is 0.0347.